The molecule has 0 atom stereocenters. The van der Waals surface area contributed by atoms with Gasteiger partial charge < -0.3 is 15.5 Å². The van der Waals surface area contributed by atoms with E-state index in [1.54, 1.807) is 23.5 Å². The van der Waals surface area contributed by atoms with E-state index in [1.807, 2.05) is 91.9 Å². The third-order valence-corrected chi connectivity index (χ3v) is 8.95. The van der Waals surface area contributed by atoms with Crippen LogP contribution in [0.25, 0.3) is 11.3 Å². The SMILES string of the molecule is Cc1ccc(NC(=O)c2ccc(N3CCN(Cc4ccccc4N4CCC(=O)NC4=O)CC3)cc2)cc1Nc1nccc(-c2cccnc2)n1. The zero-order valence-corrected chi connectivity index (χ0v) is 27.7. The minimum absolute atomic E-state index is 0.198. The second kappa shape index (κ2) is 14.5. The number of carbonyl (C=O) groups excluding carboxylic acids is 3. The molecule has 7 rings (SSSR count). The Kier molecular flexibility index (Phi) is 9.43. The Labute approximate surface area is 290 Å². The van der Waals surface area contributed by atoms with Gasteiger partial charge in [0.15, 0.2) is 0 Å². The molecule has 3 N–H and O–H groups in total. The summed E-state index contributed by atoms with van der Waals surface area (Å²) in [5.74, 6) is 0.0128. The van der Waals surface area contributed by atoms with Crippen molar-refractivity contribution in [1.29, 1.82) is 0 Å². The molecule has 0 radical (unpaired) electrons. The van der Waals surface area contributed by atoms with Gasteiger partial charge in [-0.2, -0.15) is 0 Å². The first-order valence-electron chi connectivity index (χ1n) is 16.6. The summed E-state index contributed by atoms with van der Waals surface area (Å²) in [5.41, 5.74) is 7.61. The number of hydrogen-bond acceptors (Lipinski definition) is 9. The molecule has 4 amide bonds. The van der Waals surface area contributed by atoms with Gasteiger partial charge in [-0.25, -0.2) is 14.8 Å². The zero-order chi connectivity index (χ0) is 34.5. The molecule has 2 aliphatic rings. The Morgan fingerprint density at radius 1 is 0.880 bits per heavy atom. The third kappa shape index (κ3) is 7.45. The number of rotatable bonds is 9. The van der Waals surface area contributed by atoms with Gasteiger partial charge in [-0.05, 0) is 78.7 Å². The lowest BCUT2D eigenvalue weighted by Gasteiger charge is -2.37. The van der Waals surface area contributed by atoms with Gasteiger partial charge in [-0.15, -0.1) is 0 Å². The molecule has 50 heavy (non-hydrogen) atoms. The van der Waals surface area contributed by atoms with Crippen LogP contribution in [0.1, 0.15) is 27.9 Å². The van der Waals surface area contributed by atoms with Crippen molar-refractivity contribution >= 4 is 46.5 Å². The fourth-order valence-corrected chi connectivity index (χ4v) is 6.18. The minimum Gasteiger partial charge on any atom is -0.369 e. The number of aromatic nitrogens is 3. The van der Waals surface area contributed by atoms with E-state index in [-0.39, 0.29) is 17.8 Å². The summed E-state index contributed by atoms with van der Waals surface area (Å²) in [6.45, 7) is 6.44. The number of benzene rings is 3. The fraction of sp³-hybridized carbons (Fsp3) is 0.211. The molecular weight excluding hydrogens is 630 g/mol. The van der Waals surface area contributed by atoms with E-state index in [2.05, 4.69) is 40.7 Å². The van der Waals surface area contributed by atoms with E-state index < -0.39 is 0 Å². The summed E-state index contributed by atoms with van der Waals surface area (Å²) in [6.07, 6.45) is 5.48. The van der Waals surface area contributed by atoms with Gasteiger partial charge in [-0.1, -0.05) is 24.3 Å². The molecule has 252 valence electrons. The quantitative estimate of drug-likeness (QED) is 0.183. The maximum absolute atomic E-state index is 13.2. The fourth-order valence-electron chi connectivity index (χ4n) is 6.18. The summed E-state index contributed by atoms with van der Waals surface area (Å²) in [7, 11) is 0. The van der Waals surface area contributed by atoms with Crippen LogP contribution in [0.3, 0.4) is 0 Å². The summed E-state index contributed by atoms with van der Waals surface area (Å²) in [6, 6.07) is 26.5. The maximum atomic E-state index is 13.2. The van der Waals surface area contributed by atoms with Crippen molar-refractivity contribution < 1.29 is 14.4 Å². The molecule has 0 aliphatic carbocycles. The van der Waals surface area contributed by atoms with Crippen LogP contribution in [-0.2, 0) is 11.3 Å². The first kappa shape index (κ1) is 32.4. The molecule has 12 nitrogen and oxygen atoms in total. The Bertz CT molecular complexity index is 2010. The molecule has 2 saturated heterocycles. The molecule has 0 bridgehead atoms. The van der Waals surface area contributed by atoms with Crippen LogP contribution in [0.4, 0.5) is 33.5 Å². The zero-order valence-electron chi connectivity index (χ0n) is 27.7. The monoisotopic (exact) mass is 667 g/mol. The van der Waals surface area contributed by atoms with Gasteiger partial charge in [0, 0.05) is 98.2 Å². The number of amides is 4. The van der Waals surface area contributed by atoms with Crippen LogP contribution in [0.5, 0.6) is 0 Å². The van der Waals surface area contributed by atoms with E-state index >= 15 is 0 Å². The van der Waals surface area contributed by atoms with Gasteiger partial charge in [-0.3, -0.25) is 29.7 Å². The molecular formula is C38H37N9O3. The number of nitrogens with one attached hydrogen (secondary N) is 3. The Hall–Kier alpha value is -6.14. The molecule has 0 saturated carbocycles. The van der Waals surface area contributed by atoms with E-state index in [9.17, 15) is 14.4 Å². The normalized spacial score (nSPS) is 15.1. The molecule has 12 heteroatoms. The average Bonchev–Trinajstić information content (AvgIpc) is 3.14. The number of nitrogens with zero attached hydrogens (tertiary/aromatic N) is 6. The largest absolute Gasteiger partial charge is 0.369 e. The first-order chi connectivity index (χ1) is 24.4. The highest BCUT2D eigenvalue weighted by molar-refractivity contribution is 6.06. The summed E-state index contributed by atoms with van der Waals surface area (Å²) in [5, 5.41) is 8.72. The smallest absolute Gasteiger partial charge is 0.328 e. The van der Waals surface area contributed by atoms with Gasteiger partial charge in [0.2, 0.25) is 11.9 Å². The number of hydrogen-bond donors (Lipinski definition) is 3. The number of pyridine rings is 1. The van der Waals surface area contributed by atoms with E-state index in [0.29, 0.717) is 36.7 Å². The first-order valence-corrected chi connectivity index (χ1v) is 16.6. The summed E-state index contributed by atoms with van der Waals surface area (Å²) >= 11 is 0. The molecule has 4 heterocycles. The predicted molar refractivity (Wildman–Crippen MR) is 194 cm³/mol. The van der Waals surface area contributed by atoms with Gasteiger partial charge >= 0.3 is 6.03 Å². The Morgan fingerprint density at radius 2 is 1.70 bits per heavy atom. The molecule has 2 aliphatic heterocycles. The van der Waals surface area contributed by atoms with Crippen LogP contribution < -0.4 is 25.8 Å². The van der Waals surface area contributed by atoms with Crippen LogP contribution in [0.15, 0.2) is 104 Å². The molecule has 0 spiro atoms. The van der Waals surface area contributed by atoms with E-state index in [4.69, 9.17) is 0 Å². The second-order valence-electron chi connectivity index (χ2n) is 12.3. The number of urea groups is 1. The summed E-state index contributed by atoms with van der Waals surface area (Å²) < 4.78 is 0. The lowest BCUT2D eigenvalue weighted by molar-refractivity contribution is -0.120. The predicted octanol–water partition coefficient (Wildman–Crippen LogP) is 5.61. The van der Waals surface area contributed by atoms with Crippen LogP contribution >= 0.6 is 0 Å². The lowest BCUT2D eigenvalue weighted by atomic mass is 10.1. The van der Waals surface area contributed by atoms with Crippen LogP contribution in [-0.4, -0.2) is 70.4 Å². The van der Waals surface area contributed by atoms with E-state index in [1.165, 1.54) is 0 Å². The molecule has 2 fully saturated rings. The molecule has 2 aromatic heterocycles. The van der Waals surface area contributed by atoms with Gasteiger partial charge in [0.25, 0.3) is 5.91 Å². The molecule has 3 aromatic carbocycles. The van der Waals surface area contributed by atoms with Crippen LogP contribution in [0, 0.1) is 6.92 Å². The Morgan fingerprint density at radius 3 is 2.48 bits per heavy atom. The molecule has 5 aromatic rings. The highest BCUT2D eigenvalue weighted by atomic mass is 16.2. The van der Waals surface area contributed by atoms with Crippen molar-refractivity contribution in [3.05, 3.63) is 120 Å². The number of aryl methyl sites for hydroxylation is 1. The van der Waals surface area contributed by atoms with Crippen LogP contribution in [0.2, 0.25) is 0 Å². The number of carbonyl (C=O) groups is 3. The highest BCUT2D eigenvalue weighted by Gasteiger charge is 2.27. The average molecular weight is 668 g/mol. The number of anilines is 5. The van der Waals surface area contributed by atoms with Crippen molar-refractivity contribution in [2.45, 2.75) is 19.9 Å². The summed E-state index contributed by atoms with van der Waals surface area (Å²) in [4.78, 5) is 56.9. The topological polar surface area (TPSA) is 136 Å². The number of para-hydroxylation sites is 1. The third-order valence-electron chi connectivity index (χ3n) is 8.95. The van der Waals surface area contributed by atoms with Gasteiger partial charge in [0.1, 0.15) is 0 Å². The minimum atomic E-state index is -0.370. The van der Waals surface area contributed by atoms with E-state index in [0.717, 1.165) is 65.6 Å². The van der Waals surface area contributed by atoms with Crippen molar-refractivity contribution in [3.8, 4) is 11.3 Å². The number of imide groups is 1. The van der Waals surface area contributed by atoms with Gasteiger partial charge in [0.05, 0.1) is 5.69 Å². The standard InChI is InChI=1S/C38H37N9O3/c1-26-8-11-30(23-33(26)43-37-40-17-14-32(42-37)28-6-4-16-39-24-28)41-36(49)27-9-12-31(13-10-27)46-21-19-45(20-22-46)25-29-5-2-3-7-34(29)47-18-15-35(48)44-38(47)50/h2-14,16-17,23-24H,15,18-22,25H2,1H3,(H,41,49)(H,40,42,43)(H,44,48,50). The molecule has 0 unspecified atom stereocenters. The maximum Gasteiger partial charge on any atom is 0.328 e. The van der Waals surface area contributed by atoms with Crippen molar-refractivity contribution in [3.63, 3.8) is 0 Å². The second-order valence-corrected chi connectivity index (χ2v) is 12.3. The number of piperazine rings is 1. The highest BCUT2D eigenvalue weighted by Crippen LogP contribution is 2.27. The Balaban J connectivity index is 0.941. The van der Waals surface area contributed by atoms with Crippen molar-refractivity contribution in [2.24, 2.45) is 0 Å². The van der Waals surface area contributed by atoms with Crippen molar-refractivity contribution in [1.82, 2.24) is 25.2 Å². The van der Waals surface area contributed by atoms with Crippen molar-refractivity contribution in [2.75, 3.05) is 53.2 Å². The lowest BCUT2D eigenvalue weighted by Crippen LogP contribution is -2.50.